The Morgan fingerprint density at radius 1 is 0.917 bits per heavy atom. The van der Waals surface area contributed by atoms with Crippen LogP contribution in [-0.2, 0) is 4.79 Å². The second kappa shape index (κ2) is 11.0. The van der Waals surface area contributed by atoms with Gasteiger partial charge in [0.25, 0.3) is 0 Å². The van der Waals surface area contributed by atoms with Crippen LogP contribution >= 0.6 is 23.4 Å². The molecule has 36 heavy (non-hydrogen) atoms. The van der Waals surface area contributed by atoms with Crippen molar-refractivity contribution in [2.24, 2.45) is 0 Å². The highest BCUT2D eigenvalue weighted by molar-refractivity contribution is 8.00. The number of nitrogens with zero attached hydrogens (tertiary/aromatic N) is 2. The molecule has 180 valence electrons. The maximum Gasteiger partial charge on any atom is 0.234 e. The summed E-state index contributed by atoms with van der Waals surface area (Å²) in [5, 5.41) is 14.3. The first-order valence-corrected chi connectivity index (χ1v) is 12.9. The number of halogens is 1. The Labute approximate surface area is 221 Å². The van der Waals surface area contributed by atoms with E-state index in [-0.39, 0.29) is 11.7 Å². The van der Waals surface area contributed by atoms with Crippen LogP contribution in [0.3, 0.4) is 0 Å². The zero-order chi connectivity index (χ0) is 25.8. The number of hydrogen-bond acceptors (Lipinski definition) is 4. The summed E-state index contributed by atoms with van der Waals surface area (Å²) in [6, 6.07) is 23.8. The standard InChI is InChI=1S/C30H26ClN3OS/c1-18-5-7-23(8-6-18)27-15-25(22-9-11-24(31)12-10-22)26(16-32)30(33-27)36-17-28(35)34-29-20(3)13-19(2)14-21(29)4/h5-15H,17H2,1-4H3,(H,34,35). The Balaban J connectivity index is 1.69. The fourth-order valence-corrected chi connectivity index (χ4v) is 5.08. The summed E-state index contributed by atoms with van der Waals surface area (Å²) in [5.41, 5.74) is 8.92. The second-order valence-electron chi connectivity index (χ2n) is 8.83. The normalized spacial score (nSPS) is 10.7. The number of hydrogen-bond donors (Lipinski definition) is 1. The van der Waals surface area contributed by atoms with E-state index in [0.717, 1.165) is 50.3 Å². The van der Waals surface area contributed by atoms with Crippen LogP contribution in [-0.4, -0.2) is 16.6 Å². The first kappa shape index (κ1) is 25.5. The molecule has 6 heteroatoms. The van der Waals surface area contributed by atoms with E-state index in [2.05, 4.69) is 23.5 Å². The quantitative estimate of drug-likeness (QED) is 0.267. The van der Waals surface area contributed by atoms with Crippen LogP contribution in [0.1, 0.15) is 27.8 Å². The molecule has 4 nitrogen and oxygen atoms in total. The van der Waals surface area contributed by atoms with Gasteiger partial charge >= 0.3 is 0 Å². The first-order chi connectivity index (χ1) is 17.2. The topological polar surface area (TPSA) is 65.8 Å². The van der Waals surface area contributed by atoms with Gasteiger partial charge in [0.05, 0.1) is 17.0 Å². The predicted molar refractivity (Wildman–Crippen MR) is 150 cm³/mol. The van der Waals surface area contributed by atoms with Crippen LogP contribution < -0.4 is 5.32 Å². The molecule has 0 spiro atoms. The number of aromatic nitrogens is 1. The minimum atomic E-state index is -0.144. The molecule has 0 radical (unpaired) electrons. The third-order valence-corrected chi connectivity index (χ3v) is 7.11. The van der Waals surface area contributed by atoms with Gasteiger partial charge in [0.1, 0.15) is 11.1 Å². The van der Waals surface area contributed by atoms with Crippen molar-refractivity contribution in [3.05, 3.63) is 99.6 Å². The number of anilines is 1. The molecule has 0 aliphatic heterocycles. The Morgan fingerprint density at radius 3 is 2.14 bits per heavy atom. The van der Waals surface area contributed by atoms with E-state index in [1.54, 1.807) is 12.1 Å². The maximum atomic E-state index is 12.9. The average Bonchev–Trinajstić information content (AvgIpc) is 2.85. The summed E-state index contributed by atoms with van der Waals surface area (Å²) in [5.74, 6) is -0.0132. The number of carbonyl (C=O) groups is 1. The second-order valence-corrected chi connectivity index (χ2v) is 10.2. The minimum Gasteiger partial charge on any atom is -0.325 e. The Morgan fingerprint density at radius 2 is 1.53 bits per heavy atom. The van der Waals surface area contributed by atoms with E-state index in [1.165, 1.54) is 11.8 Å². The lowest BCUT2D eigenvalue weighted by Gasteiger charge is -2.14. The van der Waals surface area contributed by atoms with Crippen molar-refractivity contribution in [3.8, 4) is 28.5 Å². The molecule has 4 aromatic rings. The van der Waals surface area contributed by atoms with Gasteiger partial charge in [0.15, 0.2) is 0 Å². The van der Waals surface area contributed by atoms with Crippen molar-refractivity contribution in [1.29, 1.82) is 5.26 Å². The average molecular weight is 512 g/mol. The van der Waals surface area contributed by atoms with Gasteiger partial charge < -0.3 is 5.32 Å². The molecule has 1 amide bonds. The summed E-state index contributed by atoms with van der Waals surface area (Å²) in [6.45, 7) is 8.05. The molecule has 4 rings (SSSR count). The number of benzene rings is 3. The smallest absolute Gasteiger partial charge is 0.234 e. The highest BCUT2D eigenvalue weighted by Crippen LogP contribution is 2.35. The minimum absolute atomic E-state index is 0.131. The zero-order valence-corrected chi connectivity index (χ0v) is 22.2. The lowest BCUT2D eigenvalue weighted by Crippen LogP contribution is -2.16. The number of carbonyl (C=O) groups excluding carboxylic acids is 1. The number of rotatable bonds is 6. The summed E-state index contributed by atoms with van der Waals surface area (Å²) in [4.78, 5) is 17.7. The number of aryl methyl sites for hydroxylation is 4. The van der Waals surface area contributed by atoms with E-state index in [0.29, 0.717) is 15.6 Å². The Kier molecular flexibility index (Phi) is 7.79. The third-order valence-electron chi connectivity index (χ3n) is 5.88. The fraction of sp³-hybridized carbons (Fsp3) is 0.167. The Bertz CT molecular complexity index is 1450. The summed E-state index contributed by atoms with van der Waals surface area (Å²) >= 11 is 7.37. The molecular formula is C30H26ClN3OS. The largest absolute Gasteiger partial charge is 0.325 e. The van der Waals surface area contributed by atoms with Crippen molar-refractivity contribution in [1.82, 2.24) is 4.98 Å². The lowest BCUT2D eigenvalue weighted by molar-refractivity contribution is -0.113. The van der Waals surface area contributed by atoms with Gasteiger partial charge in [-0.15, -0.1) is 0 Å². The molecule has 1 N–H and O–H groups in total. The van der Waals surface area contributed by atoms with Gasteiger partial charge in [-0.05, 0) is 62.6 Å². The van der Waals surface area contributed by atoms with E-state index in [4.69, 9.17) is 16.6 Å². The number of nitrogens with one attached hydrogen (secondary N) is 1. The summed E-state index contributed by atoms with van der Waals surface area (Å²) in [7, 11) is 0. The number of thioether (sulfide) groups is 1. The van der Waals surface area contributed by atoms with Gasteiger partial charge in [0, 0.05) is 21.8 Å². The van der Waals surface area contributed by atoms with Crippen LogP contribution in [0.4, 0.5) is 5.69 Å². The first-order valence-electron chi connectivity index (χ1n) is 11.5. The highest BCUT2D eigenvalue weighted by atomic mass is 35.5. The van der Waals surface area contributed by atoms with Crippen molar-refractivity contribution in [3.63, 3.8) is 0 Å². The molecular weight excluding hydrogens is 486 g/mol. The van der Waals surface area contributed by atoms with Crippen LogP contribution in [0.5, 0.6) is 0 Å². The number of nitriles is 1. The molecule has 0 fully saturated rings. The van der Waals surface area contributed by atoms with Crippen LogP contribution in [0.25, 0.3) is 22.4 Å². The van der Waals surface area contributed by atoms with Crippen LogP contribution in [0.15, 0.2) is 71.8 Å². The summed E-state index contributed by atoms with van der Waals surface area (Å²) < 4.78 is 0. The van der Waals surface area contributed by atoms with Crippen molar-refractivity contribution in [2.75, 3.05) is 11.1 Å². The lowest BCUT2D eigenvalue weighted by atomic mass is 9.99. The van der Waals surface area contributed by atoms with Gasteiger partial charge in [-0.3, -0.25) is 4.79 Å². The molecule has 0 aliphatic carbocycles. The summed E-state index contributed by atoms with van der Waals surface area (Å²) in [6.07, 6.45) is 0. The van der Waals surface area contributed by atoms with Gasteiger partial charge in [-0.25, -0.2) is 4.98 Å². The fourth-order valence-electron chi connectivity index (χ4n) is 4.15. The van der Waals surface area contributed by atoms with Gasteiger partial charge in [0.2, 0.25) is 5.91 Å². The van der Waals surface area contributed by atoms with Crippen molar-refractivity contribution < 1.29 is 4.79 Å². The Hall–Kier alpha value is -3.59. The molecule has 0 saturated carbocycles. The van der Waals surface area contributed by atoms with Crippen LogP contribution in [0.2, 0.25) is 5.02 Å². The molecule has 1 heterocycles. The van der Waals surface area contributed by atoms with E-state index < -0.39 is 0 Å². The van der Waals surface area contributed by atoms with Crippen molar-refractivity contribution >= 4 is 35.0 Å². The maximum absolute atomic E-state index is 12.9. The predicted octanol–water partition coefficient (Wildman–Crippen LogP) is 7.91. The third kappa shape index (κ3) is 5.79. The highest BCUT2D eigenvalue weighted by Gasteiger charge is 2.18. The van der Waals surface area contributed by atoms with E-state index >= 15 is 0 Å². The molecule has 0 atom stereocenters. The molecule has 0 unspecified atom stereocenters. The number of amides is 1. The zero-order valence-electron chi connectivity index (χ0n) is 20.6. The van der Waals surface area contributed by atoms with Crippen LogP contribution in [0, 0.1) is 39.0 Å². The molecule has 0 saturated heterocycles. The van der Waals surface area contributed by atoms with Gasteiger partial charge in [-0.2, -0.15) is 5.26 Å². The molecule has 0 aliphatic rings. The monoisotopic (exact) mass is 511 g/mol. The van der Waals surface area contributed by atoms with Crippen molar-refractivity contribution in [2.45, 2.75) is 32.7 Å². The molecule has 3 aromatic carbocycles. The van der Waals surface area contributed by atoms with E-state index in [9.17, 15) is 10.1 Å². The molecule has 1 aromatic heterocycles. The SMILES string of the molecule is Cc1ccc(-c2cc(-c3ccc(Cl)cc3)c(C#N)c(SCC(=O)Nc3c(C)cc(C)cc3C)n2)cc1. The van der Waals surface area contributed by atoms with E-state index in [1.807, 2.05) is 70.2 Å². The number of pyridine rings is 1. The molecule has 0 bridgehead atoms. The van der Waals surface area contributed by atoms with Gasteiger partial charge in [-0.1, -0.05) is 83.0 Å².